The minimum absolute atomic E-state index is 0. The van der Waals surface area contributed by atoms with Crippen LogP contribution in [0.3, 0.4) is 0 Å². The first-order valence-corrected chi connectivity index (χ1v) is 10.3. The Kier molecular flexibility index (Phi) is 6.68. The molecule has 0 aliphatic carbocycles. The zero-order valence-corrected chi connectivity index (χ0v) is 19.2. The van der Waals surface area contributed by atoms with E-state index in [9.17, 15) is 5.11 Å². The molecule has 0 radical (unpaired) electrons. The second-order valence-electron chi connectivity index (χ2n) is 9.15. The van der Waals surface area contributed by atoms with Gasteiger partial charge in [-0.2, -0.15) is 0 Å². The van der Waals surface area contributed by atoms with Crippen molar-refractivity contribution in [2.75, 3.05) is 14.1 Å². The molecule has 2 fully saturated rings. The molecule has 0 unspecified atom stereocenters. The molecular formula is C25H32INO. The lowest BCUT2D eigenvalue weighted by Gasteiger charge is -2.43. The minimum atomic E-state index is -0.827. The molecule has 2 atom stereocenters. The van der Waals surface area contributed by atoms with Crippen LogP contribution in [0, 0.1) is 0 Å². The number of quaternary nitrogens is 1. The highest BCUT2D eigenvalue weighted by molar-refractivity contribution is 5.27. The summed E-state index contributed by atoms with van der Waals surface area (Å²) in [4.78, 5) is 0. The maximum absolute atomic E-state index is 11.7. The number of hydrogen-bond donors (Lipinski definition) is 1. The molecule has 2 nitrogen and oxygen atoms in total. The van der Waals surface area contributed by atoms with Crippen LogP contribution < -0.4 is 24.0 Å². The van der Waals surface area contributed by atoms with Crippen LogP contribution in [-0.2, 0) is 12.8 Å². The van der Waals surface area contributed by atoms with Crippen LogP contribution in [0.2, 0.25) is 0 Å². The van der Waals surface area contributed by atoms with E-state index >= 15 is 0 Å². The number of hydrogen-bond acceptors (Lipinski definition) is 1. The van der Waals surface area contributed by atoms with E-state index in [1.165, 1.54) is 29.5 Å². The lowest BCUT2D eigenvalue weighted by molar-refractivity contribution is -0.928. The van der Waals surface area contributed by atoms with Gasteiger partial charge in [0.05, 0.1) is 31.8 Å². The van der Waals surface area contributed by atoms with Gasteiger partial charge < -0.3 is 33.6 Å². The molecule has 150 valence electrons. The van der Waals surface area contributed by atoms with Crippen LogP contribution >= 0.6 is 0 Å². The summed E-state index contributed by atoms with van der Waals surface area (Å²) in [5, 5.41) is 11.7. The van der Waals surface area contributed by atoms with E-state index in [0.29, 0.717) is 24.9 Å². The molecule has 2 saturated heterocycles. The van der Waals surface area contributed by atoms with Crippen molar-refractivity contribution in [1.82, 2.24) is 0 Å². The second-order valence-corrected chi connectivity index (χ2v) is 9.15. The number of nitrogens with zero attached hydrogens (tertiary/aromatic N) is 1. The predicted molar refractivity (Wildman–Crippen MR) is 111 cm³/mol. The Hall–Kier alpha value is -1.17. The van der Waals surface area contributed by atoms with E-state index < -0.39 is 5.60 Å². The standard InChI is InChI=1S/C25H32NO.HI/c1-26(2)23-13-14-24(26)16-22(15-23)19-25(27,17-20-9-5-3-6-10-20)18-21-11-7-4-8-12-21;/h3-12,19,23-24,27H,13-18H2,1-2H3;1H/q+1;/p-1/t23-,24+;. The van der Waals surface area contributed by atoms with E-state index in [0.717, 1.165) is 17.3 Å². The molecule has 1 N–H and O–H groups in total. The number of fused-ring (bicyclic) bond motifs is 2. The predicted octanol–water partition coefficient (Wildman–Crippen LogP) is 1.53. The minimum Gasteiger partial charge on any atom is -1.00 e. The molecule has 4 rings (SSSR count). The Balaban J connectivity index is 0.00000225. The van der Waals surface area contributed by atoms with Crippen LogP contribution in [-0.4, -0.2) is 41.4 Å². The molecule has 0 amide bonds. The highest BCUT2D eigenvalue weighted by Crippen LogP contribution is 2.42. The lowest BCUT2D eigenvalue weighted by atomic mass is 9.83. The maximum Gasteiger partial charge on any atom is 0.0928 e. The third kappa shape index (κ3) is 4.69. The molecule has 2 heterocycles. The molecule has 28 heavy (non-hydrogen) atoms. The first kappa shape index (κ1) is 21.5. The van der Waals surface area contributed by atoms with Gasteiger partial charge in [0.2, 0.25) is 0 Å². The van der Waals surface area contributed by atoms with Crippen LogP contribution in [0.25, 0.3) is 0 Å². The van der Waals surface area contributed by atoms with Crippen molar-refractivity contribution in [3.05, 3.63) is 83.4 Å². The van der Waals surface area contributed by atoms with E-state index in [4.69, 9.17) is 0 Å². The van der Waals surface area contributed by atoms with E-state index in [1.54, 1.807) is 0 Å². The van der Waals surface area contributed by atoms with Gasteiger partial charge in [0.1, 0.15) is 0 Å². The Morgan fingerprint density at radius 2 is 1.29 bits per heavy atom. The Morgan fingerprint density at radius 3 is 1.71 bits per heavy atom. The van der Waals surface area contributed by atoms with Gasteiger partial charge in [0.25, 0.3) is 0 Å². The molecule has 0 spiro atoms. The van der Waals surface area contributed by atoms with Crippen molar-refractivity contribution in [2.45, 2.75) is 56.2 Å². The normalized spacial score (nSPS) is 24.8. The highest BCUT2D eigenvalue weighted by Gasteiger charge is 2.47. The van der Waals surface area contributed by atoms with Crippen molar-refractivity contribution in [2.24, 2.45) is 0 Å². The van der Waals surface area contributed by atoms with Crippen LogP contribution in [0.4, 0.5) is 0 Å². The van der Waals surface area contributed by atoms with Crippen molar-refractivity contribution in [3.63, 3.8) is 0 Å². The Morgan fingerprint density at radius 1 is 0.857 bits per heavy atom. The summed E-state index contributed by atoms with van der Waals surface area (Å²) in [6.07, 6.45) is 8.48. The zero-order valence-electron chi connectivity index (χ0n) is 17.0. The molecule has 2 aromatic carbocycles. The number of benzene rings is 2. The van der Waals surface area contributed by atoms with Crippen LogP contribution in [0.15, 0.2) is 72.3 Å². The van der Waals surface area contributed by atoms with Crippen LogP contribution in [0.5, 0.6) is 0 Å². The van der Waals surface area contributed by atoms with Gasteiger partial charge in [-0.15, -0.1) is 0 Å². The fourth-order valence-electron chi connectivity index (χ4n) is 5.27. The fourth-order valence-corrected chi connectivity index (χ4v) is 5.27. The van der Waals surface area contributed by atoms with Gasteiger partial charge in [-0.1, -0.05) is 72.3 Å². The molecule has 3 heteroatoms. The third-order valence-electron chi connectivity index (χ3n) is 6.89. The average molecular weight is 489 g/mol. The quantitative estimate of drug-likeness (QED) is 0.384. The molecule has 2 aromatic rings. The topological polar surface area (TPSA) is 20.2 Å². The molecule has 2 aliphatic heterocycles. The average Bonchev–Trinajstić information content (AvgIpc) is 2.81. The van der Waals surface area contributed by atoms with Crippen molar-refractivity contribution in [1.29, 1.82) is 0 Å². The Bertz CT molecular complexity index is 740. The Labute approximate surface area is 186 Å². The van der Waals surface area contributed by atoms with Crippen molar-refractivity contribution < 1.29 is 33.6 Å². The summed E-state index contributed by atoms with van der Waals surface area (Å²) in [5.74, 6) is 0. The fraction of sp³-hybridized carbons (Fsp3) is 0.440. The molecule has 2 bridgehead atoms. The number of rotatable bonds is 5. The summed E-state index contributed by atoms with van der Waals surface area (Å²) >= 11 is 0. The van der Waals surface area contributed by atoms with Gasteiger partial charge in [-0.3, -0.25) is 0 Å². The van der Waals surface area contributed by atoms with E-state index in [1.807, 2.05) is 12.1 Å². The van der Waals surface area contributed by atoms with Gasteiger partial charge in [-0.25, -0.2) is 0 Å². The van der Waals surface area contributed by atoms with Gasteiger partial charge in [-0.05, 0) is 11.1 Å². The van der Waals surface area contributed by atoms with E-state index in [2.05, 4.69) is 68.7 Å². The van der Waals surface area contributed by atoms with Crippen LogP contribution in [0.1, 0.15) is 36.8 Å². The first-order valence-electron chi connectivity index (χ1n) is 10.3. The summed E-state index contributed by atoms with van der Waals surface area (Å²) < 4.78 is 1.16. The van der Waals surface area contributed by atoms with Crippen molar-refractivity contribution in [3.8, 4) is 0 Å². The summed E-state index contributed by atoms with van der Waals surface area (Å²) in [6.45, 7) is 0. The molecule has 0 aromatic heterocycles. The summed E-state index contributed by atoms with van der Waals surface area (Å²) in [6, 6.07) is 22.3. The number of halogens is 1. The highest BCUT2D eigenvalue weighted by atomic mass is 127. The number of piperidine rings is 1. The maximum atomic E-state index is 11.7. The van der Waals surface area contributed by atoms with Gasteiger partial charge >= 0.3 is 0 Å². The molecular weight excluding hydrogens is 457 g/mol. The smallest absolute Gasteiger partial charge is 0.0928 e. The van der Waals surface area contributed by atoms with Gasteiger partial charge in [0.15, 0.2) is 0 Å². The zero-order chi connectivity index (χ0) is 18.9. The SMILES string of the molecule is C[N+]1(C)[C@@H]2CC[C@H]1CC(=CC(O)(Cc1ccccc1)Cc1ccccc1)C2.[I-]. The first-order chi connectivity index (χ1) is 12.9. The summed E-state index contributed by atoms with van der Waals surface area (Å²) in [7, 11) is 4.78. The second kappa shape index (κ2) is 8.68. The largest absolute Gasteiger partial charge is 1.00 e. The third-order valence-corrected chi connectivity index (χ3v) is 6.89. The van der Waals surface area contributed by atoms with E-state index in [-0.39, 0.29) is 24.0 Å². The van der Waals surface area contributed by atoms with Crippen molar-refractivity contribution >= 4 is 0 Å². The lowest BCUT2D eigenvalue weighted by Crippen LogP contribution is -3.00. The molecule has 2 aliphatic rings. The number of aliphatic hydroxyl groups is 1. The summed E-state index contributed by atoms with van der Waals surface area (Å²) in [5.41, 5.74) is 3.03. The van der Waals surface area contributed by atoms with Gasteiger partial charge in [0, 0.05) is 38.5 Å². The monoisotopic (exact) mass is 489 g/mol. The molecule has 0 saturated carbocycles.